The molecule has 2 aromatic heterocycles. The Labute approximate surface area is 163 Å². The molecule has 1 atom stereocenters. The monoisotopic (exact) mass is 382 g/mol. The van der Waals surface area contributed by atoms with Gasteiger partial charge < -0.3 is 10.3 Å². The molecule has 28 heavy (non-hydrogen) atoms. The lowest BCUT2D eigenvalue weighted by atomic mass is 10.2. The Balaban J connectivity index is 1.76. The van der Waals surface area contributed by atoms with Crippen molar-refractivity contribution in [3.63, 3.8) is 0 Å². The normalized spacial score (nSPS) is 12.6. The zero-order chi connectivity index (χ0) is 20.3. The standard InChI is InChI=1S/C20H26N6O2/c1-5-25(12-17-22-16-9-7-6-8-15(16)20(28)23-17)14(4)19(27)24-18-10-11-21-26(18)13(2)3/h6-11,13-14H,5,12H2,1-4H3,(H,24,27)(H,22,23,28). The summed E-state index contributed by atoms with van der Waals surface area (Å²) >= 11 is 0. The van der Waals surface area contributed by atoms with Crippen LogP contribution in [0.25, 0.3) is 10.9 Å². The van der Waals surface area contributed by atoms with Crippen molar-refractivity contribution in [1.29, 1.82) is 0 Å². The molecule has 1 amide bonds. The van der Waals surface area contributed by atoms with Crippen LogP contribution in [0.15, 0.2) is 41.3 Å². The number of aromatic amines is 1. The summed E-state index contributed by atoms with van der Waals surface area (Å²) in [6, 6.07) is 8.75. The summed E-state index contributed by atoms with van der Waals surface area (Å²) in [7, 11) is 0. The molecule has 8 heteroatoms. The second kappa shape index (κ2) is 8.35. The summed E-state index contributed by atoms with van der Waals surface area (Å²) in [4.78, 5) is 34.4. The minimum absolute atomic E-state index is 0.132. The molecule has 2 N–H and O–H groups in total. The van der Waals surface area contributed by atoms with E-state index in [0.717, 1.165) is 0 Å². The molecule has 0 spiro atoms. The van der Waals surface area contributed by atoms with Crippen molar-refractivity contribution in [3.05, 3.63) is 52.7 Å². The van der Waals surface area contributed by atoms with Gasteiger partial charge in [0.25, 0.3) is 5.56 Å². The zero-order valence-electron chi connectivity index (χ0n) is 16.6. The number of likely N-dealkylation sites (N-methyl/N-ethyl adjacent to an activating group) is 1. The van der Waals surface area contributed by atoms with E-state index in [1.54, 1.807) is 23.0 Å². The van der Waals surface area contributed by atoms with E-state index in [4.69, 9.17) is 0 Å². The average Bonchev–Trinajstić information content (AvgIpc) is 3.14. The summed E-state index contributed by atoms with van der Waals surface area (Å²) in [6.45, 7) is 8.83. The lowest BCUT2D eigenvalue weighted by molar-refractivity contribution is -0.121. The second-order valence-electron chi connectivity index (χ2n) is 7.01. The van der Waals surface area contributed by atoms with Gasteiger partial charge in [-0.15, -0.1) is 0 Å². The van der Waals surface area contributed by atoms with Gasteiger partial charge in [-0.25, -0.2) is 9.67 Å². The topological polar surface area (TPSA) is 95.9 Å². The molecule has 0 aliphatic carbocycles. The Morgan fingerprint density at radius 1 is 1.25 bits per heavy atom. The van der Waals surface area contributed by atoms with Crippen LogP contribution in [-0.2, 0) is 11.3 Å². The number of para-hydroxylation sites is 1. The van der Waals surface area contributed by atoms with Crippen molar-refractivity contribution in [3.8, 4) is 0 Å². The summed E-state index contributed by atoms with van der Waals surface area (Å²) in [5.74, 6) is 1.07. The van der Waals surface area contributed by atoms with Crippen LogP contribution in [0.1, 0.15) is 39.6 Å². The van der Waals surface area contributed by atoms with Crippen LogP contribution in [-0.4, -0.2) is 43.1 Å². The summed E-state index contributed by atoms with van der Waals surface area (Å²) in [5.41, 5.74) is 0.477. The van der Waals surface area contributed by atoms with Gasteiger partial charge in [0.1, 0.15) is 11.6 Å². The number of carbonyl (C=O) groups is 1. The second-order valence-corrected chi connectivity index (χ2v) is 7.01. The summed E-state index contributed by atoms with van der Waals surface area (Å²) in [6.07, 6.45) is 1.67. The van der Waals surface area contributed by atoms with E-state index in [0.29, 0.717) is 35.6 Å². The molecule has 1 unspecified atom stereocenters. The molecule has 0 radical (unpaired) electrons. The van der Waals surface area contributed by atoms with Crippen molar-refractivity contribution in [1.82, 2.24) is 24.6 Å². The molecule has 3 rings (SSSR count). The number of nitrogens with zero attached hydrogens (tertiary/aromatic N) is 4. The molecule has 0 saturated carbocycles. The van der Waals surface area contributed by atoms with Crippen LogP contribution in [0.2, 0.25) is 0 Å². The number of nitrogens with one attached hydrogen (secondary N) is 2. The van der Waals surface area contributed by atoms with Gasteiger partial charge in [-0.2, -0.15) is 5.10 Å². The van der Waals surface area contributed by atoms with Gasteiger partial charge in [-0.05, 0) is 39.4 Å². The van der Waals surface area contributed by atoms with Crippen molar-refractivity contribution in [2.24, 2.45) is 0 Å². The first-order valence-corrected chi connectivity index (χ1v) is 9.47. The SMILES string of the molecule is CCN(Cc1nc2ccccc2c(=O)[nH]1)C(C)C(=O)Nc1ccnn1C(C)C. The third kappa shape index (κ3) is 4.12. The lowest BCUT2D eigenvalue weighted by Crippen LogP contribution is -2.42. The first-order valence-electron chi connectivity index (χ1n) is 9.47. The summed E-state index contributed by atoms with van der Waals surface area (Å²) < 4.78 is 1.77. The molecule has 1 aromatic carbocycles. The fourth-order valence-electron chi connectivity index (χ4n) is 3.15. The van der Waals surface area contributed by atoms with E-state index in [1.165, 1.54) is 0 Å². The van der Waals surface area contributed by atoms with Gasteiger partial charge in [0, 0.05) is 12.1 Å². The Bertz CT molecular complexity index is 1020. The third-order valence-corrected chi connectivity index (χ3v) is 4.76. The van der Waals surface area contributed by atoms with Crippen molar-refractivity contribution < 1.29 is 4.79 Å². The molecule has 0 fully saturated rings. The number of rotatable bonds is 7. The minimum atomic E-state index is -0.405. The van der Waals surface area contributed by atoms with E-state index in [9.17, 15) is 9.59 Å². The number of aromatic nitrogens is 4. The Hall–Kier alpha value is -3.00. The fraction of sp³-hybridized carbons (Fsp3) is 0.400. The van der Waals surface area contributed by atoms with E-state index >= 15 is 0 Å². The Kier molecular flexibility index (Phi) is 5.89. The van der Waals surface area contributed by atoms with Crippen molar-refractivity contribution in [2.45, 2.75) is 46.3 Å². The van der Waals surface area contributed by atoms with E-state index in [-0.39, 0.29) is 17.5 Å². The number of fused-ring (bicyclic) bond motifs is 1. The van der Waals surface area contributed by atoms with Crippen LogP contribution in [0.5, 0.6) is 0 Å². The van der Waals surface area contributed by atoms with Crippen LogP contribution >= 0.6 is 0 Å². The third-order valence-electron chi connectivity index (χ3n) is 4.76. The maximum Gasteiger partial charge on any atom is 0.258 e. The molecule has 8 nitrogen and oxygen atoms in total. The zero-order valence-corrected chi connectivity index (χ0v) is 16.6. The summed E-state index contributed by atoms with van der Waals surface area (Å²) in [5, 5.41) is 7.74. The minimum Gasteiger partial charge on any atom is -0.310 e. The highest BCUT2D eigenvalue weighted by atomic mass is 16.2. The number of benzene rings is 1. The van der Waals surface area contributed by atoms with Gasteiger partial charge >= 0.3 is 0 Å². The molecule has 0 aliphatic heterocycles. The molecule has 0 saturated heterocycles. The highest BCUT2D eigenvalue weighted by Gasteiger charge is 2.22. The van der Waals surface area contributed by atoms with E-state index in [2.05, 4.69) is 20.4 Å². The number of amides is 1. The molecular weight excluding hydrogens is 356 g/mol. The maximum absolute atomic E-state index is 12.8. The lowest BCUT2D eigenvalue weighted by Gasteiger charge is -2.26. The van der Waals surface area contributed by atoms with Crippen LogP contribution in [0.3, 0.4) is 0 Å². The highest BCUT2D eigenvalue weighted by molar-refractivity contribution is 5.93. The molecule has 0 bridgehead atoms. The molecule has 2 heterocycles. The van der Waals surface area contributed by atoms with Gasteiger partial charge in [-0.3, -0.25) is 14.5 Å². The van der Waals surface area contributed by atoms with E-state index in [1.807, 2.05) is 50.8 Å². The van der Waals surface area contributed by atoms with Crippen molar-refractivity contribution >= 4 is 22.6 Å². The quantitative estimate of drug-likeness (QED) is 0.655. The largest absolute Gasteiger partial charge is 0.310 e. The average molecular weight is 382 g/mol. The number of H-pyrrole nitrogens is 1. The predicted octanol–water partition coefficient (Wildman–Crippen LogP) is 2.55. The van der Waals surface area contributed by atoms with Crippen LogP contribution in [0, 0.1) is 0 Å². The van der Waals surface area contributed by atoms with Crippen molar-refractivity contribution in [2.75, 3.05) is 11.9 Å². The molecular formula is C20H26N6O2. The predicted molar refractivity (Wildman–Crippen MR) is 109 cm³/mol. The van der Waals surface area contributed by atoms with Gasteiger partial charge in [0.15, 0.2) is 0 Å². The van der Waals surface area contributed by atoms with Gasteiger partial charge in [0.05, 0.1) is 29.7 Å². The Morgan fingerprint density at radius 2 is 2.00 bits per heavy atom. The molecule has 148 valence electrons. The van der Waals surface area contributed by atoms with Crippen LogP contribution in [0.4, 0.5) is 5.82 Å². The molecule has 3 aromatic rings. The number of hydrogen-bond donors (Lipinski definition) is 2. The van der Waals surface area contributed by atoms with Gasteiger partial charge in [-0.1, -0.05) is 19.1 Å². The first-order chi connectivity index (χ1) is 13.4. The number of carbonyl (C=O) groups excluding carboxylic acids is 1. The highest BCUT2D eigenvalue weighted by Crippen LogP contribution is 2.15. The smallest absolute Gasteiger partial charge is 0.258 e. The number of anilines is 1. The maximum atomic E-state index is 12.8. The first kappa shape index (κ1) is 19.8. The molecule has 0 aliphatic rings. The Morgan fingerprint density at radius 3 is 2.71 bits per heavy atom. The number of hydrogen-bond acceptors (Lipinski definition) is 5. The van der Waals surface area contributed by atoms with Gasteiger partial charge in [0.2, 0.25) is 5.91 Å². The fourth-order valence-corrected chi connectivity index (χ4v) is 3.15. The van der Waals surface area contributed by atoms with E-state index < -0.39 is 6.04 Å². The van der Waals surface area contributed by atoms with Crippen LogP contribution < -0.4 is 10.9 Å².